The average Bonchev–Trinajstić information content (AvgIpc) is 2.45. The van der Waals surface area contributed by atoms with Gasteiger partial charge in [-0.1, -0.05) is 18.2 Å². The number of hydrogen-bond donors (Lipinski definition) is 2. The van der Waals surface area contributed by atoms with Crippen LogP contribution in [-0.4, -0.2) is 39.4 Å². The normalized spacial score (nSPS) is 10.4. The number of methoxy groups -OCH3 is 1. The van der Waals surface area contributed by atoms with Gasteiger partial charge in [-0.05, 0) is 24.5 Å². The largest absolute Gasteiger partial charge is 0.399 e. The minimum atomic E-state index is 0.0464. The van der Waals surface area contributed by atoms with Crippen LogP contribution < -0.4 is 11.1 Å². The Balaban J connectivity index is 2.05. The highest BCUT2D eigenvalue weighted by Crippen LogP contribution is 2.12. The molecule has 0 bridgehead atoms. The van der Waals surface area contributed by atoms with Crippen molar-refractivity contribution in [2.75, 3.05) is 39.2 Å². The molecule has 0 atom stereocenters. The second-order valence-electron chi connectivity index (χ2n) is 4.51. The maximum absolute atomic E-state index is 11.7. The lowest BCUT2D eigenvalue weighted by molar-refractivity contribution is -0.121. The van der Waals surface area contributed by atoms with Gasteiger partial charge >= 0.3 is 0 Å². The molecule has 0 aliphatic carbocycles. The average molecular weight is 280 g/mol. The Hall–Kier alpha value is -1.59. The fourth-order valence-corrected chi connectivity index (χ4v) is 1.74. The number of aryl methyl sites for hydroxylation is 1. The van der Waals surface area contributed by atoms with Gasteiger partial charge in [-0.25, -0.2) is 0 Å². The molecule has 0 aliphatic rings. The third-order valence-corrected chi connectivity index (χ3v) is 2.90. The Labute approximate surface area is 120 Å². The molecule has 3 N–H and O–H groups in total. The van der Waals surface area contributed by atoms with Gasteiger partial charge in [-0.2, -0.15) is 0 Å². The molecule has 0 aromatic heterocycles. The van der Waals surface area contributed by atoms with Crippen LogP contribution in [0.25, 0.3) is 0 Å². The third kappa shape index (κ3) is 7.11. The van der Waals surface area contributed by atoms with E-state index in [9.17, 15) is 4.79 Å². The van der Waals surface area contributed by atoms with E-state index in [4.69, 9.17) is 15.2 Å². The molecule has 0 heterocycles. The van der Waals surface area contributed by atoms with Crippen molar-refractivity contribution in [1.29, 1.82) is 0 Å². The lowest BCUT2D eigenvalue weighted by Gasteiger charge is -2.07. The summed E-state index contributed by atoms with van der Waals surface area (Å²) in [5.41, 5.74) is 7.59. The zero-order valence-corrected chi connectivity index (χ0v) is 12.1. The minimum Gasteiger partial charge on any atom is -0.399 e. The van der Waals surface area contributed by atoms with Crippen molar-refractivity contribution in [3.63, 3.8) is 0 Å². The number of nitrogens with one attached hydrogen (secondary N) is 1. The molecule has 0 spiro atoms. The van der Waals surface area contributed by atoms with Gasteiger partial charge in [0.15, 0.2) is 0 Å². The topological polar surface area (TPSA) is 73.6 Å². The number of carbonyl (C=O) groups excluding carboxylic acids is 1. The van der Waals surface area contributed by atoms with E-state index in [-0.39, 0.29) is 5.91 Å². The van der Waals surface area contributed by atoms with E-state index in [1.807, 2.05) is 24.3 Å². The van der Waals surface area contributed by atoms with Crippen molar-refractivity contribution in [1.82, 2.24) is 5.32 Å². The van der Waals surface area contributed by atoms with Gasteiger partial charge in [0.25, 0.3) is 0 Å². The van der Waals surface area contributed by atoms with Crippen molar-refractivity contribution in [3.05, 3.63) is 29.8 Å². The van der Waals surface area contributed by atoms with Crippen LogP contribution in [0, 0.1) is 0 Å². The zero-order chi connectivity index (χ0) is 14.6. The summed E-state index contributed by atoms with van der Waals surface area (Å²) in [6, 6.07) is 7.63. The number of nitrogens with two attached hydrogens (primary N) is 1. The highest BCUT2D eigenvalue weighted by Gasteiger charge is 2.03. The summed E-state index contributed by atoms with van der Waals surface area (Å²) in [5, 5.41) is 2.87. The van der Waals surface area contributed by atoms with Crippen molar-refractivity contribution < 1.29 is 14.3 Å². The van der Waals surface area contributed by atoms with Crippen molar-refractivity contribution in [2.45, 2.75) is 19.3 Å². The minimum absolute atomic E-state index is 0.0464. The second-order valence-corrected chi connectivity index (χ2v) is 4.51. The molecular weight excluding hydrogens is 256 g/mol. The van der Waals surface area contributed by atoms with E-state index in [0.29, 0.717) is 39.2 Å². The highest BCUT2D eigenvalue weighted by atomic mass is 16.5. The van der Waals surface area contributed by atoms with Crippen LogP contribution in [0.3, 0.4) is 0 Å². The van der Waals surface area contributed by atoms with Gasteiger partial charge in [0.2, 0.25) is 5.91 Å². The smallest absolute Gasteiger partial charge is 0.220 e. The molecule has 20 heavy (non-hydrogen) atoms. The van der Waals surface area contributed by atoms with E-state index in [1.165, 1.54) is 0 Å². The first-order valence-electron chi connectivity index (χ1n) is 6.91. The quantitative estimate of drug-likeness (QED) is 0.501. The van der Waals surface area contributed by atoms with Crippen LogP contribution in [0.5, 0.6) is 0 Å². The van der Waals surface area contributed by atoms with E-state index < -0.39 is 0 Å². The number of anilines is 1. The SMILES string of the molecule is COCCOCCCNC(=O)CCc1ccccc1N. The number of rotatable bonds is 10. The zero-order valence-electron chi connectivity index (χ0n) is 12.1. The molecule has 0 fully saturated rings. The number of carbonyl (C=O) groups is 1. The summed E-state index contributed by atoms with van der Waals surface area (Å²) >= 11 is 0. The maximum Gasteiger partial charge on any atom is 0.220 e. The summed E-state index contributed by atoms with van der Waals surface area (Å²) < 4.78 is 10.2. The first kappa shape index (κ1) is 16.5. The fourth-order valence-electron chi connectivity index (χ4n) is 1.74. The fraction of sp³-hybridized carbons (Fsp3) is 0.533. The molecular formula is C15H24N2O3. The van der Waals surface area contributed by atoms with Crippen LogP contribution in [0.1, 0.15) is 18.4 Å². The summed E-state index contributed by atoms with van der Waals surface area (Å²) in [5.74, 6) is 0.0464. The van der Waals surface area contributed by atoms with Gasteiger partial charge in [-0.3, -0.25) is 4.79 Å². The molecule has 1 amide bonds. The predicted octanol–water partition coefficient (Wildman–Crippen LogP) is 1.37. The van der Waals surface area contributed by atoms with Crippen molar-refractivity contribution >= 4 is 11.6 Å². The number of para-hydroxylation sites is 1. The lowest BCUT2D eigenvalue weighted by Crippen LogP contribution is -2.25. The number of nitrogen functional groups attached to an aromatic ring is 1. The second kappa shape index (κ2) is 10.2. The molecule has 0 saturated heterocycles. The predicted molar refractivity (Wildman–Crippen MR) is 79.5 cm³/mol. The third-order valence-electron chi connectivity index (χ3n) is 2.90. The monoisotopic (exact) mass is 280 g/mol. The summed E-state index contributed by atoms with van der Waals surface area (Å²) in [6.45, 7) is 2.47. The van der Waals surface area contributed by atoms with Gasteiger partial charge < -0.3 is 20.5 Å². The Morgan fingerprint density at radius 3 is 2.80 bits per heavy atom. The molecule has 0 saturated carbocycles. The Morgan fingerprint density at radius 2 is 2.05 bits per heavy atom. The van der Waals surface area contributed by atoms with Crippen LogP contribution in [0.15, 0.2) is 24.3 Å². The lowest BCUT2D eigenvalue weighted by atomic mass is 10.1. The first-order chi connectivity index (χ1) is 9.74. The maximum atomic E-state index is 11.7. The first-order valence-corrected chi connectivity index (χ1v) is 6.91. The molecule has 5 nitrogen and oxygen atoms in total. The Bertz CT molecular complexity index is 396. The molecule has 0 unspecified atom stereocenters. The van der Waals surface area contributed by atoms with Crippen LogP contribution in [0.2, 0.25) is 0 Å². The molecule has 0 radical (unpaired) electrons. The van der Waals surface area contributed by atoms with E-state index >= 15 is 0 Å². The van der Waals surface area contributed by atoms with E-state index in [0.717, 1.165) is 17.7 Å². The molecule has 1 aromatic rings. The van der Waals surface area contributed by atoms with Crippen molar-refractivity contribution in [3.8, 4) is 0 Å². The number of amides is 1. The van der Waals surface area contributed by atoms with E-state index in [1.54, 1.807) is 7.11 Å². The number of ether oxygens (including phenoxy) is 2. The Morgan fingerprint density at radius 1 is 1.25 bits per heavy atom. The van der Waals surface area contributed by atoms with Gasteiger partial charge in [-0.15, -0.1) is 0 Å². The van der Waals surface area contributed by atoms with Crippen LogP contribution in [-0.2, 0) is 20.7 Å². The molecule has 1 rings (SSSR count). The summed E-state index contributed by atoms with van der Waals surface area (Å²) in [7, 11) is 1.64. The summed E-state index contributed by atoms with van der Waals surface area (Å²) in [4.78, 5) is 11.7. The van der Waals surface area contributed by atoms with Crippen LogP contribution >= 0.6 is 0 Å². The standard InChI is InChI=1S/C15H24N2O3/c1-19-11-12-20-10-4-9-17-15(18)8-7-13-5-2-3-6-14(13)16/h2-3,5-6H,4,7-12,16H2,1H3,(H,17,18). The number of benzene rings is 1. The number of hydrogen-bond acceptors (Lipinski definition) is 4. The molecule has 1 aromatic carbocycles. The van der Waals surface area contributed by atoms with Gasteiger partial charge in [0.05, 0.1) is 13.2 Å². The molecule has 5 heteroatoms. The van der Waals surface area contributed by atoms with Gasteiger partial charge in [0, 0.05) is 32.4 Å². The van der Waals surface area contributed by atoms with E-state index in [2.05, 4.69) is 5.32 Å². The van der Waals surface area contributed by atoms with Crippen LogP contribution in [0.4, 0.5) is 5.69 Å². The molecule has 0 aliphatic heterocycles. The van der Waals surface area contributed by atoms with Gasteiger partial charge in [0.1, 0.15) is 0 Å². The summed E-state index contributed by atoms with van der Waals surface area (Å²) in [6.07, 6.45) is 1.94. The Kier molecular flexibility index (Phi) is 8.42. The molecule has 112 valence electrons. The van der Waals surface area contributed by atoms with Crippen molar-refractivity contribution in [2.24, 2.45) is 0 Å². The highest BCUT2D eigenvalue weighted by molar-refractivity contribution is 5.76.